The third-order valence-electron chi connectivity index (χ3n) is 3.61. The molecule has 1 atom stereocenters. The molecule has 1 unspecified atom stereocenters. The van der Waals surface area contributed by atoms with Crippen molar-refractivity contribution in [2.45, 2.75) is 26.8 Å². The minimum absolute atomic E-state index is 0.0498. The quantitative estimate of drug-likeness (QED) is 0.905. The molecule has 0 amide bonds. The van der Waals surface area contributed by atoms with Crippen LogP contribution in [0.2, 0.25) is 0 Å². The van der Waals surface area contributed by atoms with Crippen molar-refractivity contribution in [3.63, 3.8) is 0 Å². The van der Waals surface area contributed by atoms with Gasteiger partial charge >= 0.3 is 0 Å². The Morgan fingerprint density at radius 2 is 1.95 bits per heavy atom. The molecule has 0 aliphatic heterocycles. The Labute approximate surface area is 126 Å². The molecule has 108 valence electrons. The van der Waals surface area contributed by atoms with E-state index in [0.717, 1.165) is 22.6 Å². The second-order valence-electron chi connectivity index (χ2n) is 5.22. The Hall–Kier alpha value is -2.47. The van der Waals surface area contributed by atoms with Gasteiger partial charge in [-0.05, 0) is 38.5 Å². The largest absolute Gasteiger partial charge is 0.496 e. The van der Waals surface area contributed by atoms with Gasteiger partial charge in [-0.1, -0.05) is 29.8 Å². The average Bonchev–Trinajstić information content (AvgIpc) is 2.47. The molecule has 0 aliphatic carbocycles. The maximum atomic E-state index is 9.31. The van der Waals surface area contributed by atoms with Gasteiger partial charge in [-0.2, -0.15) is 5.26 Å². The van der Waals surface area contributed by atoms with E-state index in [1.54, 1.807) is 7.11 Å². The predicted molar refractivity (Wildman–Crippen MR) is 85.7 cm³/mol. The van der Waals surface area contributed by atoms with E-state index in [1.165, 1.54) is 5.56 Å². The van der Waals surface area contributed by atoms with Crippen LogP contribution in [-0.4, -0.2) is 7.11 Å². The number of benzene rings is 2. The zero-order valence-corrected chi connectivity index (χ0v) is 12.9. The summed E-state index contributed by atoms with van der Waals surface area (Å²) in [6.07, 6.45) is 0. The number of aryl methyl sites for hydroxylation is 2. The monoisotopic (exact) mass is 280 g/mol. The van der Waals surface area contributed by atoms with Crippen LogP contribution in [0.25, 0.3) is 0 Å². The lowest BCUT2D eigenvalue weighted by molar-refractivity contribution is 0.408. The van der Waals surface area contributed by atoms with Crippen LogP contribution >= 0.6 is 0 Å². The van der Waals surface area contributed by atoms with Crippen LogP contribution in [-0.2, 0) is 0 Å². The zero-order valence-electron chi connectivity index (χ0n) is 12.9. The van der Waals surface area contributed by atoms with Crippen molar-refractivity contribution in [2.24, 2.45) is 0 Å². The molecule has 0 aliphatic rings. The van der Waals surface area contributed by atoms with Gasteiger partial charge in [-0.3, -0.25) is 0 Å². The molecule has 2 aromatic carbocycles. The standard InChI is InChI=1S/C18H20N2O/c1-12-8-9-18(21-4)15(10-12)14(3)20-17-7-5-6-13(2)16(17)11-19/h5-10,14,20H,1-4H3. The van der Waals surface area contributed by atoms with Gasteiger partial charge < -0.3 is 10.1 Å². The number of hydrogen-bond donors (Lipinski definition) is 1. The van der Waals surface area contributed by atoms with Crippen LogP contribution in [0.1, 0.15) is 35.2 Å². The molecule has 2 rings (SSSR count). The van der Waals surface area contributed by atoms with Crippen molar-refractivity contribution < 1.29 is 4.74 Å². The molecule has 1 N–H and O–H groups in total. The first-order valence-corrected chi connectivity index (χ1v) is 6.97. The van der Waals surface area contributed by atoms with Gasteiger partial charge in [0.2, 0.25) is 0 Å². The minimum Gasteiger partial charge on any atom is -0.496 e. The Kier molecular flexibility index (Phi) is 4.49. The highest BCUT2D eigenvalue weighted by Gasteiger charge is 2.14. The van der Waals surface area contributed by atoms with E-state index in [-0.39, 0.29) is 6.04 Å². The van der Waals surface area contributed by atoms with E-state index in [1.807, 2.05) is 37.3 Å². The molecule has 0 fully saturated rings. The summed E-state index contributed by atoms with van der Waals surface area (Å²) in [7, 11) is 1.67. The first-order valence-electron chi connectivity index (χ1n) is 6.97. The predicted octanol–water partition coefficient (Wildman–Crippen LogP) is 4.36. The molecular formula is C18H20N2O. The second kappa shape index (κ2) is 6.32. The van der Waals surface area contributed by atoms with Gasteiger partial charge in [-0.15, -0.1) is 0 Å². The molecule has 21 heavy (non-hydrogen) atoms. The highest BCUT2D eigenvalue weighted by Crippen LogP contribution is 2.30. The summed E-state index contributed by atoms with van der Waals surface area (Å²) in [4.78, 5) is 0. The highest BCUT2D eigenvalue weighted by atomic mass is 16.5. The van der Waals surface area contributed by atoms with Crippen LogP contribution in [0.15, 0.2) is 36.4 Å². The molecule has 0 bridgehead atoms. The van der Waals surface area contributed by atoms with E-state index in [9.17, 15) is 5.26 Å². The molecule has 0 heterocycles. The minimum atomic E-state index is 0.0498. The van der Waals surface area contributed by atoms with Crippen LogP contribution < -0.4 is 10.1 Å². The lowest BCUT2D eigenvalue weighted by Gasteiger charge is -2.20. The van der Waals surface area contributed by atoms with Gasteiger partial charge in [-0.25, -0.2) is 0 Å². The van der Waals surface area contributed by atoms with Gasteiger partial charge in [0.05, 0.1) is 24.4 Å². The number of hydrogen-bond acceptors (Lipinski definition) is 3. The highest BCUT2D eigenvalue weighted by molar-refractivity contribution is 5.61. The lowest BCUT2D eigenvalue weighted by atomic mass is 10.0. The Morgan fingerprint density at radius 1 is 1.19 bits per heavy atom. The average molecular weight is 280 g/mol. The van der Waals surface area contributed by atoms with E-state index in [4.69, 9.17) is 4.74 Å². The molecular weight excluding hydrogens is 260 g/mol. The van der Waals surface area contributed by atoms with E-state index >= 15 is 0 Å². The van der Waals surface area contributed by atoms with Crippen molar-refractivity contribution >= 4 is 5.69 Å². The first kappa shape index (κ1) is 14.9. The maximum absolute atomic E-state index is 9.31. The fourth-order valence-corrected chi connectivity index (χ4v) is 2.44. The van der Waals surface area contributed by atoms with Crippen LogP contribution in [0.4, 0.5) is 5.69 Å². The van der Waals surface area contributed by atoms with Crippen LogP contribution in [0.3, 0.4) is 0 Å². The number of ether oxygens (including phenoxy) is 1. The number of nitriles is 1. The number of methoxy groups -OCH3 is 1. The van der Waals surface area contributed by atoms with Crippen LogP contribution in [0, 0.1) is 25.2 Å². The summed E-state index contributed by atoms with van der Waals surface area (Å²) in [5.74, 6) is 0.853. The third kappa shape index (κ3) is 3.17. The Morgan fingerprint density at radius 3 is 2.62 bits per heavy atom. The lowest BCUT2D eigenvalue weighted by Crippen LogP contribution is -2.10. The van der Waals surface area contributed by atoms with Gasteiger partial charge in [0.15, 0.2) is 0 Å². The molecule has 3 nitrogen and oxygen atoms in total. The SMILES string of the molecule is COc1ccc(C)cc1C(C)Nc1cccc(C)c1C#N. The summed E-state index contributed by atoms with van der Waals surface area (Å²) < 4.78 is 5.43. The van der Waals surface area contributed by atoms with Crippen molar-refractivity contribution in [1.82, 2.24) is 0 Å². The number of rotatable bonds is 4. The smallest absolute Gasteiger partial charge is 0.124 e. The third-order valence-corrected chi connectivity index (χ3v) is 3.61. The normalized spacial score (nSPS) is 11.6. The molecule has 0 radical (unpaired) electrons. The molecule has 0 saturated carbocycles. The number of nitrogens with one attached hydrogen (secondary N) is 1. The zero-order chi connectivity index (χ0) is 15.4. The van der Waals surface area contributed by atoms with E-state index in [2.05, 4.69) is 31.3 Å². The van der Waals surface area contributed by atoms with Crippen LogP contribution in [0.5, 0.6) is 5.75 Å². The second-order valence-corrected chi connectivity index (χ2v) is 5.22. The molecule has 3 heteroatoms. The summed E-state index contributed by atoms with van der Waals surface area (Å²) in [6, 6.07) is 14.3. The van der Waals surface area contributed by atoms with E-state index < -0.39 is 0 Å². The topological polar surface area (TPSA) is 45.0 Å². The summed E-state index contributed by atoms with van der Waals surface area (Å²) >= 11 is 0. The first-order chi connectivity index (χ1) is 10.1. The number of nitrogens with zero attached hydrogens (tertiary/aromatic N) is 1. The Balaban J connectivity index is 2.35. The Bertz CT molecular complexity index is 686. The van der Waals surface area contributed by atoms with Gasteiger partial charge in [0.1, 0.15) is 11.8 Å². The van der Waals surface area contributed by atoms with Gasteiger partial charge in [0, 0.05) is 5.56 Å². The fraction of sp³-hybridized carbons (Fsp3) is 0.278. The fourth-order valence-electron chi connectivity index (χ4n) is 2.44. The molecule has 2 aromatic rings. The summed E-state index contributed by atoms with van der Waals surface area (Å²) in [5, 5.41) is 12.7. The molecule has 0 saturated heterocycles. The van der Waals surface area contributed by atoms with Gasteiger partial charge in [0.25, 0.3) is 0 Å². The molecule has 0 spiro atoms. The van der Waals surface area contributed by atoms with E-state index in [0.29, 0.717) is 5.56 Å². The van der Waals surface area contributed by atoms with Crippen molar-refractivity contribution in [3.05, 3.63) is 58.7 Å². The summed E-state index contributed by atoms with van der Waals surface area (Å²) in [6.45, 7) is 6.07. The maximum Gasteiger partial charge on any atom is 0.124 e. The number of anilines is 1. The van der Waals surface area contributed by atoms with Crippen molar-refractivity contribution in [1.29, 1.82) is 5.26 Å². The molecule has 0 aromatic heterocycles. The van der Waals surface area contributed by atoms with Crippen molar-refractivity contribution in [3.8, 4) is 11.8 Å². The van der Waals surface area contributed by atoms with Crippen molar-refractivity contribution in [2.75, 3.05) is 12.4 Å². The summed E-state index contributed by atoms with van der Waals surface area (Å²) in [5.41, 5.74) is 4.79.